The van der Waals surface area contributed by atoms with E-state index < -0.39 is 15.7 Å². The Morgan fingerprint density at radius 3 is 2.56 bits per heavy atom. The van der Waals surface area contributed by atoms with Crippen LogP contribution in [0.4, 0.5) is 0 Å². The van der Waals surface area contributed by atoms with Crippen molar-refractivity contribution in [3.8, 4) is 0 Å². The molecule has 90 valence electrons. The highest BCUT2D eigenvalue weighted by Crippen LogP contribution is 2.64. The molecule has 1 N–H and O–H groups in total. The van der Waals surface area contributed by atoms with E-state index in [1.165, 1.54) is 6.08 Å². The zero-order valence-electron chi connectivity index (χ0n) is 8.89. The third-order valence-corrected chi connectivity index (χ3v) is 3.59. The summed E-state index contributed by atoms with van der Waals surface area (Å²) in [6.07, 6.45) is 1.88. The summed E-state index contributed by atoms with van der Waals surface area (Å²) in [5.41, 5.74) is -0.894. The Morgan fingerprint density at radius 2 is 2.12 bits per heavy atom. The molecule has 0 aromatic heterocycles. The van der Waals surface area contributed by atoms with Gasteiger partial charge in [-0.15, -0.1) is 29.8 Å². The Kier molecular flexibility index (Phi) is 3.86. The van der Waals surface area contributed by atoms with Crippen LogP contribution in [0, 0.1) is 5.41 Å². The number of ether oxygens (including phenoxy) is 1. The zero-order chi connectivity index (χ0) is 12.4. The maximum Gasteiger partial charge on any atom is 0.315 e. The molecule has 0 saturated heterocycles. The van der Waals surface area contributed by atoms with Crippen molar-refractivity contribution in [2.24, 2.45) is 5.41 Å². The van der Waals surface area contributed by atoms with Crippen molar-refractivity contribution in [1.29, 1.82) is 0 Å². The Morgan fingerprint density at radius 1 is 1.56 bits per heavy atom. The number of hydrogen-bond acceptors (Lipinski definition) is 3. The van der Waals surface area contributed by atoms with Crippen LogP contribution in [0.25, 0.3) is 0 Å². The molecular weight excluding hydrogens is 253 g/mol. The van der Waals surface area contributed by atoms with E-state index >= 15 is 0 Å². The molecule has 1 atom stereocenters. The molecule has 0 aliphatic heterocycles. The summed E-state index contributed by atoms with van der Waals surface area (Å²) in [5, 5.41) is 2.48. The van der Waals surface area contributed by atoms with Gasteiger partial charge in [0.05, 0.1) is 0 Å². The average Bonchev–Trinajstić information content (AvgIpc) is 2.73. The smallest absolute Gasteiger partial charge is 0.315 e. The summed E-state index contributed by atoms with van der Waals surface area (Å²) < 4.78 is 3.74. The van der Waals surface area contributed by atoms with Gasteiger partial charge in [-0.05, 0) is 6.92 Å². The second-order valence-corrected chi connectivity index (χ2v) is 5.37. The van der Waals surface area contributed by atoms with Gasteiger partial charge in [0.25, 0.3) is 5.91 Å². The molecule has 0 radical (unpaired) electrons. The predicted octanol–water partition coefficient (Wildman–Crippen LogP) is 1.42. The summed E-state index contributed by atoms with van der Waals surface area (Å²) >= 11 is 11.6. The molecule has 0 heterocycles. The standard InChI is InChI=1S/C10H13Cl2NO3/c1-3-4-13-7(14)5-16-8(15)9(2)6-10(9,11)12/h3H,1,4-6H2,2H3,(H,13,14). The molecule has 0 aromatic carbocycles. The molecule has 6 heteroatoms. The normalized spacial score (nSPS) is 25.7. The largest absolute Gasteiger partial charge is 0.455 e. The number of alkyl halides is 2. The molecule has 1 amide bonds. The second kappa shape index (κ2) is 4.63. The monoisotopic (exact) mass is 265 g/mol. The Labute approximate surface area is 104 Å². The minimum absolute atomic E-state index is 0.327. The molecule has 1 aliphatic carbocycles. The first-order chi connectivity index (χ1) is 7.33. The number of rotatable bonds is 5. The second-order valence-electron chi connectivity index (χ2n) is 3.88. The molecule has 1 rings (SSSR count). The zero-order valence-corrected chi connectivity index (χ0v) is 10.4. The minimum atomic E-state index is -1.07. The summed E-state index contributed by atoms with van der Waals surface area (Å²) in [5.74, 6) is -0.932. The van der Waals surface area contributed by atoms with Crippen LogP contribution in [0.15, 0.2) is 12.7 Å². The van der Waals surface area contributed by atoms with Crippen LogP contribution in [-0.2, 0) is 14.3 Å². The number of amides is 1. The number of halogens is 2. The lowest BCUT2D eigenvalue weighted by atomic mass is 10.1. The van der Waals surface area contributed by atoms with Crippen molar-refractivity contribution < 1.29 is 14.3 Å². The van der Waals surface area contributed by atoms with Gasteiger partial charge in [0.2, 0.25) is 0 Å². The van der Waals surface area contributed by atoms with E-state index in [0.29, 0.717) is 13.0 Å². The number of carbonyl (C=O) groups excluding carboxylic acids is 2. The van der Waals surface area contributed by atoms with Crippen molar-refractivity contribution >= 4 is 35.1 Å². The van der Waals surface area contributed by atoms with Crippen LogP contribution in [0.2, 0.25) is 0 Å². The summed E-state index contributed by atoms with van der Waals surface area (Å²) in [6.45, 7) is 5.06. The average molecular weight is 266 g/mol. The first-order valence-electron chi connectivity index (χ1n) is 4.76. The van der Waals surface area contributed by atoms with Gasteiger partial charge in [0.15, 0.2) is 6.61 Å². The number of hydrogen-bond donors (Lipinski definition) is 1. The lowest BCUT2D eigenvalue weighted by Crippen LogP contribution is -2.31. The Bertz CT molecular complexity index is 330. The molecule has 1 fully saturated rings. The predicted molar refractivity (Wildman–Crippen MR) is 61.3 cm³/mol. The molecule has 1 aliphatic rings. The fourth-order valence-corrected chi connectivity index (χ4v) is 1.84. The number of carbonyl (C=O) groups is 2. The van der Waals surface area contributed by atoms with Gasteiger partial charge in [-0.2, -0.15) is 0 Å². The van der Waals surface area contributed by atoms with Crippen LogP contribution in [0.3, 0.4) is 0 Å². The minimum Gasteiger partial charge on any atom is -0.455 e. The van der Waals surface area contributed by atoms with Gasteiger partial charge in [0, 0.05) is 13.0 Å². The summed E-state index contributed by atoms with van der Waals surface area (Å²) in [4.78, 5) is 22.6. The topological polar surface area (TPSA) is 55.4 Å². The molecule has 16 heavy (non-hydrogen) atoms. The molecule has 0 aromatic rings. The molecule has 1 unspecified atom stereocenters. The lowest BCUT2D eigenvalue weighted by molar-refractivity contribution is -0.153. The quantitative estimate of drug-likeness (QED) is 0.465. The van der Waals surface area contributed by atoms with Gasteiger partial charge in [-0.3, -0.25) is 9.59 Å². The van der Waals surface area contributed by atoms with Gasteiger partial charge >= 0.3 is 5.97 Å². The van der Waals surface area contributed by atoms with Crippen LogP contribution in [0.5, 0.6) is 0 Å². The highest BCUT2D eigenvalue weighted by molar-refractivity contribution is 6.53. The maximum atomic E-state index is 11.5. The van der Waals surface area contributed by atoms with Gasteiger partial charge in [-0.1, -0.05) is 6.08 Å². The molecule has 4 nitrogen and oxygen atoms in total. The van der Waals surface area contributed by atoms with E-state index in [2.05, 4.69) is 11.9 Å². The SMILES string of the molecule is C=CCNC(=O)COC(=O)C1(C)CC1(Cl)Cl. The van der Waals surface area contributed by atoms with E-state index in [9.17, 15) is 9.59 Å². The van der Waals surface area contributed by atoms with Crippen molar-refractivity contribution in [2.45, 2.75) is 17.7 Å². The third kappa shape index (κ3) is 2.68. The third-order valence-electron chi connectivity index (χ3n) is 2.49. The summed E-state index contributed by atoms with van der Waals surface area (Å²) in [7, 11) is 0. The van der Waals surface area contributed by atoms with Crippen molar-refractivity contribution in [3.05, 3.63) is 12.7 Å². The number of esters is 1. The molecule has 1 saturated carbocycles. The maximum absolute atomic E-state index is 11.5. The van der Waals surface area contributed by atoms with Gasteiger partial charge in [-0.25, -0.2) is 0 Å². The molecular formula is C10H13Cl2NO3. The lowest BCUT2D eigenvalue weighted by Gasteiger charge is -2.11. The van der Waals surface area contributed by atoms with Crippen LogP contribution in [0.1, 0.15) is 13.3 Å². The van der Waals surface area contributed by atoms with E-state index in [0.717, 1.165) is 0 Å². The fourth-order valence-electron chi connectivity index (χ4n) is 1.15. The van der Waals surface area contributed by atoms with E-state index in [1.807, 2.05) is 0 Å². The first kappa shape index (κ1) is 13.3. The van der Waals surface area contributed by atoms with Crippen molar-refractivity contribution in [1.82, 2.24) is 5.32 Å². The Balaban J connectivity index is 2.32. The van der Waals surface area contributed by atoms with E-state index in [-0.39, 0.29) is 12.5 Å². The van der Waals surface area contributed by atoms with Crippen LogP contribution >= 0.6 is 23.2 Å². The highest BCUT2D eigenvalue weighted by Gasteiger charge is 2.69. The highest BCUT2D eigenvalue weighted by atomic mass is 35.5. The van der Waals surface area contributed by atoms with Crippen LogP contribution in [-0.4, -0.2) is 29.4 Å². The van der Waals surface area contributed by atoms with Gasteiger partial charge < -0.3 is 10.1 Å². The van der Waals surface area contributed by atoms with Gasteiger partial charge in [0.1, 0.15) is 9.75 Å². The molecule has 0 bridgehead atoms. The number of nitrogens with one attached hydrogen (secondary N) is 1. The van der Waals surface area contributed by atoms with Crippen molar-refractivity contribution in [2.75, 3.05) is 13.2 Å². The van der Waals surface area contributed by atoms with Crippen molar-refractivity contribution in [3.63, 3.8) is 0 Å². The fraction of sp³-hybridized carbons (Fsp3) is 0.600. The van der Waals surface area contributed by atoms with E-state index in [1.54, 1.807) is 6.92 Å². The molecule has 0 spiro atoms. The summed E-state index contributed by atoms with van der Waals surface area (Å²) in [6, 6.07) is 0. The van der Waals surface area contributed by atoms with E-state index in [4.69, 9.17) is 27.9 Å². The first-order valence-corrected chi connectivity index (χ1v) is 5.52. The van der Waals surface area contributed by atoms with Crippen LogP contribution < -0.4 is 5.32 Å². The Hall–Kier alpha value is -0.740.